The fourth-order valence-corrected chi connectivity index (χ4v) is 2.84. The zero-order chi connectivity index (χ0) is 15.9. The van der Waals surface area contributed by atoms with E-state index in [2.05, 4.69) is 15.5 Å². The van der Waals surface area contributed by atoms with Crippen molar-refractivity contribution in [2.24, 2.45) is 0 Å². The smallest absolute Gasteiger partial charge is 0.267 e. The summed E-state index contributed by atoms with van der Waals surface area (Å²) in [4.78, 5) is 12.2. The van der Waals surface area contributed by atoms with E-state index in [9.17, 15) is 4.79 Å². The van der Waals surface area contributed by atoms with Crippen LogP contribution >= 0.6 is 23.1 Å². The van der Waals surface area contributed by atoms with Crippen LogP contribution in [-0.4, -0.2) is 35.6 Å². The minimum atomic E-state index is -0.588. The predicted octanol–water partition coefficient (Wildman–Crippen LogP) is 3.06. The Morgan fingerprint density at radius 1 is 1.32 bits per heavy atom. The van der Waals surface area contributed by atoms with Crippen LogP contribution < -0.4 is 14.8 Å². The lowest BCUT2D eigenvalue weighted by Crippen LogP contribution is -2.32. The van der Waals surface area contributed by atoms with Crippen molar-refractivity contribution in [1.29, 1.82) is 0 Å². The van der Waals surface area contributed by atoms with Crippen LogP contribution in [0, 0.1) is 0 Å². The first-order chi connectivity index (χ1) is 10.7. The zero-order valence-electron chi connectivity index (χ0n) is 12.5. The summed E-state index contributed by atoms with van der Waals surface area (Å²) in [6, 6.07) is 7.11. The third-order valence-electron chi connectivity index (χ3n) is 2.81. The van der Waals surface area contributed by atoms with Crippen LogP contribution in [0.2, 0.25) is 0 Å². The van der Waals surface area contributed by atoms with Gasteiger partial charge in [0.2, 0.25) is 5.13 Å². The first-order valence-corrected chi connectivity index (χ1v) is 8.69. The molecule has 8 heteroatoms. The third kappa shape index (κ3) is 4.35. The van der Waals surface area contributed by atoms with Gasteiger partial charge >= 0.3 is 0 Å². The molecule has 0 aliphatic heterocycles. The first-order valence-electron chi connectivity index (χ1n) is 6.65. The fourth-order valence-electron chi connectivity index (χ4n) is 1.67. The summed E-state index contributed by atoms with van der Waals surface area (Å²) in [5.74, 6) is 1.12. The van der Waals surface area contributed by atoms with Crippen molar-refractivity contribution >= 4 is 34.1 Å². The van der Waals surface area contributed by atoms with Gasteiger partial charge in [-0.25, -0.2) is 0 Å². The Bertz CT molecular complexity index is 616. The molecule has 0 aliphatic rings. The standard InChI is InChI=1S/C14H17N3O3S2/c1-4-11(20-10-7-5-9(19-2)6-8-10)12(18)15-13-16-17-14(21-3)22-13/h5-8,11H,4H2,1-3H3,(H,15,16,18)/t11-/m0/s1. The van der Waals surface area contributed by atoms with Crippen LogP contribution in [0.4, 0.5) is 5.13 Å². The number of amides is 1. The third-order valence-corrected chi connectivity index (χ3v) is 4.63. The average molecular weight is 339 g/mol. The number of methoxy groups -OCH3 is 1. The summed E-state index contributed by atoms with van der Waals surface area (Å²) in [6.07, 6.45) is 1.87. The van der Waals surface area contributed by atoms with Gasteiger partial charge in [-0.1, -0.05) is 30.0 Å². The molecule has 22 heavy (non-hydrogen) atoms. The summed E-state index contributed by atoms with van der Waals surface area (Å²) in [7, 11) is 1.60. The summed E-state index contributed by atoms with van der Waals surface area (Å²) < 4.78 is 11.6. The number of nitrogens with one attached hydrogen (secondary N) is 1. The second-order valence-corrected chi connectivity index (χ2v) is 6.29. The average Bonchev–Trinajstić information content (AvgIpc) is 3.00. The predicted molar refractivity (Wildman–Crippen MR) is 88.0 cm³/mol. The van der Waals surface area contributed by atoms with E-state index < -0.39 is 6.10 Å². The molecular formula is C14H17N3O3S2. The van der Waals surface area contributed by atoms with E-state index in [0.717, 1.165) is 10.1 Å². The largest absolute Gasteiger partial charge is 0.497 e. The maximum absolute atomic E-state index is 12.2. The van der Waals surface area contributed by atoms with Gasteiger partial charge in [-0.15, -0.1) is 10.2 Å². The Morgan fingerprint density at radius 2 is 2.00 bits per heavy atom. The van der Waals surface area contributed by atoms with Crippen LogP contribution in [0.15, 0.2) is 28.6 Å². The Kier molecular flexibility index (Phi) is 6.02. The second kappa shape index (κ2) is 8.00. The molecule has 1 aromatic carbocycles. The Labute approximate surface area is 137 Å². The number of nitrogens with zero attached hydrogens (tertiary/aromatic N) is 2. The van der Waals surface area contributed by atoms with Gasteiger partial charge in [-0.2, -0.15) is 0 Å². The second-order valence-electron chi connectivity index (χ2n) is 4.26. The van der Waals surface area contributed by atoms with Crippen LogP contribution in [0.3, 0.4) is 0 Å². The summed E-state index contributed by atoms with van der Waals surface area (Å²) in [5, 5.41) is 11.1. The van der Waals surface area contributed by atoms with Crippen molar-refractivity contribution in [3.8, 4) is 11.5 Å². The molecule has 1 aromatic heterocycles. The van der Waals surface area contributed by atoms with E-state index in [-0.39, 0.29) is 5.91 Å². The maximum atomic E-state index is 12.2. The number of benzene rings is 1. The van der Waals surface area contributed by atoms with Gasteiger partial charge in [0.15, 0.2) is 10.4 Å². The van der Waals surface area contributed by atoms with Gasteiger partial charge in [-0.3, -0.25) is 10.1 Å². The van der Waals surface area contributed by atoms with Crippen LogP contribution in [0.1, 0.15) is 13.3 Å². The highest BCUT2D eigenvalue weighted by atomic mass is 32.2. The highest BCUT2D eigenvalue weighted by Crippen LogP contribution is 2.24. The lowest BCUT2D eigenvalue weighted by atomic mass is 10.2. The molecule has 1 amide bonds. The van der Waals surface area contributed by atoms with Crippen LogP contribution in [0.25, 0.3) is 0 Å². The molecule has 2 aromatic rings. The SMILES string of the molecule is CC[C@H](Oc1ccc(OC)cc1)C(=O)Nc1nnc(SC)s1. The van der Waals surface area contributed by atoms with Gasteiger partial charge in [0.25, 0.3) is 5.91 Å². The van der Waals surface area contributed by atoms with E-state index in [0.29, 0.717) is 17.3 Å². The number of hydrogen-bond donors (Lipinski definition) is 1. The minimum absolute atomic E-state index is 0.234. The van der Waals surface area contributed by atoms with Crippen molar-refractivity contribution < 1.29 is 14.3 Å². The first kappa shape index (κ1) is 16.6. The van der Waals surface area contributed by atoms with Gasteiger partial charge in [0.05, 0.1) is 7.11 Å². The number of thioether (sulfide) groups is 1. The lowest BCUT2D eigenvalue weighted by molar-refractivity contribution is -0.122. The van der Waals surface area contributed by atoms with E-state index >= 15 is 0 Å². The maximum Gasteiger partial charge on any atom is 0.267 e. The molecule has 0 unspecified atom stereocenters. The summed E-state index contributed by atoms with van der Waals surface area (Å²) in [6.45, 7) is 1.89. The molecule has 0 bridgehead atoms. The molecule has 0 spiro atoms. The molecule has 0 fully saturated rings. The normalized spacial score (nSPS) is 11.8. The highest BCUT2D eigenvalue weighted by molar-refractivity contribution is 8.00. The number of carbonyl (C=O) groups is 1. The molecule has 118 valence electrons. The lowest BCUT2D eigenvalue weighted by Gasteiger charge is -2.16. The number of anilines is 1. The summed E-state index contributed by atoms with van der Waals surface area (Å²) in [5.41, 5.74) is 0. The van der Waals surface area contributed by atoms with Crippen molar-refractivity contribution in [2.75, 3.05) is 18.7 Å². The molecule has 0 saturated heterocycles. The fraction of sp³-hybridized carbons (Fsp3) is 0.357. The zero-order valence-corrected chi connectivity index (χ0v) is 14.2. The topological polar surface area (TPSA) is 73.3 Å². The molecule has 2 rings (SSSR count). The van der Waals surface area contributed by atoms with Crippen molar-refractivity contribution in [2.45, 2.75) is 23.8 Å². The number of rotatable bonds is 7. The molecule has 1 N–H and O–H groups in total. The van der Waals surface area contributed by atoms with Crippen molar-refractivity contribution in [1.82, 2.24) is 10.2 Å². The molecule has 1 atom stereocenters. The van der Waals surface area contributed by atoms with Crippen molar-refractivity contribution in [3.63, 3.8) is 0 Å². The van der Waals surface area contributed by atoms with Gasteiger partial charge in [0, 0.05) is 0 Å². The molecule has 6 nitrogen and oxygen atoms in total. The quantitative estimate of drug-likeness (QED) is 0.617. The molecule has 0 aliphatic carbocycles. The molecule has 1 heterocycles. The van der Waals surface area contributed by atoms with Crippen molar-refractivity contribution in [3.05, 3.63) is 24.3 Å². The highest BCUT2D eigenvalue weighted by Gasteiger charge is 2.20. The number of carbonyl (C=O) groups excluding carboxylic acids is 1. The summed E-state index contributed by atoms with van der Waals surface area (Å²) >= 11 is 2.82. The number of hydrogen-bond acceptors (Lipinski definition) is 7. The monoisotopic (exact) mass is 339 g/mol. The van der Waals surface area contributed by atoms with Gasteiger partial charge in [-0.05, 0) is 36.9 Å². The van der Waals surface area contributed by atoms with E-state index in [1.165, 1.54) is 23.1 Å². The number of aromatic nitrogens is 2. The Morgan fingerprint density at radius 3 is 2.55 bits per heavy atom. The van der Waals surface area contributed by atoms with Gasteiger partial charge in [0.1, 0.15) is 11.5 Å². The number of ether oxygens (including phenoxy) is 2. The van der Waals surface area contributed by atoms with E-state index in [1.807, 2.05) is 13.2 Å². The Balaban J connectivity index is 1.98. The van der Waals surface area contributed by atoms with E-state index in [1.54, 1.807) is 31.4 Å². The van der Waals surface area contributed by atoms with Crippen LogP contribution in [-0.2, 0) is 4.79 Å². The minimum Gasteiger partial charge on any atom is -0.497 e. The van der Waals surface area contributed by atoms with Gasteiger partial charge < -0.3 is 9.47 Å². The molecular weight excluding hydrogens is 322 g/mol. The molecule has 0 saturated carbocycles. The van der Waals surface area contributed by atoms with Crippen LogP contribution in [0.5, 0.6) is 11.5 Å². The van der Waals surface area contributed by atoms with E-state index in [4.69, 9.17) is 9.47 Å². The Hall–Kier alpha value is -1.80. The molecule has 0 radical (unpaired) electrons.